The number of hydrogen-bond donors (Lipinski definition) is 2. The zero-order valence-corrected chi connectivity index (χ0v) is 13.0. The lowest BCUT2D eigenvalue weighted by molar-refractivity contribution is -0.138. The van der Waals surface area contributed by atoms with E-state index in [0.717, 1.165) is 11.1 Å². The standard InChI is InChI=1S/C16H20ClNO3/c1-3-12(9-16(20)21)10-18-15(19)7-6-13-5-4-11(2)14(17)8-13/h4-8,12H,3,9-10H2,1-2H3,(H,18,19)(H,20,21)/b7-6+. The van der Waals surface area contributed by atoms with Gasteiger partial charge in [-0.25, -0.2) is 0 Å². The van der Waals surface area contributed by atoms with Crippen LogP contribution in [-0.4, -0.2) is 23.5 Å². The summed E-state index contributed by atoms with van der Waals surface area (Å²) in [5.74, 6) is -1.13. The number of rotatable bonds is 7. The Balaban J connectivity index is 2.50. The first-order chi connectivity index (χ1) is 9.92. The van der Waals surface area contributed by atoms with Crippen molar-refractivity contribution in [2.75, 3.05) is 6.54 Å². The number of carbonyl (C=O) groups excluding carboxylic acids is 1. The Labute approximate surface area is 129 Å². The van der Waals surface area contributed by atoms with Crippen molar-refractivity contribution >= 4 is 29.6 Å². The topological polar surface area (TPSA) is 66.4 Å². The van der Waals surface area contributed by atoms with Gasteiger partial charge in [0.1, 0.15) is 0 Å². The second kappa shape index (κ2) is 8.47. The minimum absolute atomic E-state index is 0.0475. The molecule has 1 rings (SSSR count). The predicted molar refractivity (Wildman–Crippen MR) is 84.3 cm³/mol. The van der Waals surface area contributed by atoms with E-state index in [2.05, 4.69) is 5.32 Å². The van der Waals surface area contributed by atoms with Crippen molar-refractivity contribution in [1.29, 1.82) is 0 Å². The molecule has 4 nitrogen and oxygen atoms in total. The highest BCUT2D eigenvalue weighted by Gasteiger charge is 2.11. The molecular formula is C16H20ClNO3. The van der Waals surface area contributed by atoms with Gasteiger partial charge < -0.3 is 10.4 Å². The van der Waals surface area contributed by atoms with Gasteiger partial charge >= 0.3 is 5.97 Å². The molecule has 21 heavy (non-hydrogen) atoms. The van der Waals surface area contributed by atoms with E-state index in [9.17, 15) is 9.59 Å². The highest BCUT2D eigenvalue weighted by Crippen LogP contribution is 2.17. The van der Waals surface area contributed by atoms with E-state index in [1.807, 2.05) is 26.0 Å². The monoisotopic (exact) mass is 309 g/mol. The molecule has 1 atom stereocenters. The zero-order chi connectivity index (χ0) is 15.8. The number of carboxylic acids is 1. The van der Waals surface area contributed by atoms with Gasteiger partial charge in [0.15, 0.2) is 0 Å². The molecule has 0 saturated heterocycles. The summed E-state index contributed by atoms with van der Waals surface area (Å²) < 4.78 is 0. The van der Waals surface area contributed by atoms with Crippen LogP contribution in [0, 0.1) is 12.8 Å². The van der Waals surface area contributed by atoms with Gasteiger partial charge in [-0.15, -0.1) is 0 Å². The van der Waals surface area contributed by atoms with Gasteiger partial charge in [-0.3, -0.25) is 9.59 Å². The molecule has 5 heteroatoms. The lowest BCUT2D eigenvalue weighted by Crippen LogP contribution is -2.28. The van der Waals surface area contributed by atoms with Crippen LogP contribution in [0.15, 0.2) is 24.3 Å². The third kappa shape index (κ3) is 6.45. The molecule has 0 fully saturated rings. The van der Waals surface area contributed by atoms with Crippen LogP contribution in [0.2, 0.25) is 5.02 Å². The van der Waals surface area contributed by atoms with Gasteiger partial charge in [0, 0.05) is 24.1 Å². The number of carbonyl (C=O) groups is 2. The van der Waals surface area contributed by atoms with Crippen molar-refractivity contribution in [3.05, 3.63) is 40.4 Å². The summed E-state index contributed by atoms with van der Waals surface area (Å²) in [5.41, 5.74) is 1.83. The van der Waals surface area contributed by atoms with Crippen molar-refractivity contribution in [1.82, 2.24) is 5.32 Å². The summed E-state index contributed by atoms with van der Waals surface area (Å²) in [6, 6.07) is 5.56. The van der Waals surface area contributed by atoms with E-state index < -0.39 is 5.97 Å². The Kier molecular flexibility index (Phi) is 6.96. The fourth-order valence-corrected chi connectivity index (χ4v) is 1.99. The molecule has 2 N–H and O–H groups in total. The number of carboxylic acid groups (broad SMARTS) is 1. The molecule has 1 unspecified atom stereocenters. The minimum Gasteiger partial charge on any atom is -0.481 e. The van der Waals surface area contributed by atoms with E-state index in [1.165, 1.54) is 6.08 Å². The number of aliphatic carboxylic acids is 1. The van der Waals surface area contributed by atoms with Gasteiger partial charge in [0.05, 0.1) is 0 Å². The summed E-state index contributed by atoms with van der Waals surface area (Å²) in [5, 5.41) is 12.1. The molecule has 0 aromatic heterocycles. The smallest absolute Gasteiger partial charge is 0.303 e. The highest BCUT2D eigenvalue weighted by atomic mass is 35.5. The molecular weight excluding hydrogens is 290 g/mol. The van der Waals surface area contributed by atoms with Crippen LogP contribution in [0.5, 0.6) is 0 Å². The number of aryl methyl sites for hydroxylation is 1. The maximum absolute atomic E-state index is 11.7. The average Bonchev–Trinajstić information content (AvgIpc) is 2.44. The third-order valence-corrected chi connectivity index (χ3v) is 3.64. The second-order valence-corrected chi connectivity index (χ2v) is 5.37. The maximum Gasteiger partial charge on any atom is 0.303 e. The van der Waals surface area contributed by atoms with Crippen LogP contribution in [0.3, 0.4) is 0 Å². The van der Waals surface area contributed by atoms with Crippen molar-refractivity contribution in [2.24, 2.45) is 5.92 Å². The summed E-state index contributed by atoms with van der Waals surface area (Å²) >= 11 is 6.01. The normalized spacial score (nSPS) is 12.3. The lowest BCUT2D eigenvalue weighted by Gasteiger charge is -2.12. The molecule has 1 aromatic rings. The third-order valence-electron chi connectivity index (χ3n) is 3.23. The first kappa shape index (κ1) is 17.2. The maximum atomic E-state index is 11.7. The van der Waals surface area contributed by atoms with E-state index in [4.69, 9.17) is 16.7 Å². The number of halogens is 1. The van der Waals surface area contributed by atoms with Crippen LogP contribution in [0.25, 0.3) is 6.08 Å². The summed E-state index contributed by atoms with van der Waals surface area (Å²) in [6.45, 7) is 4.18. The lowest BCUT2D eigenvalue weighted by atomic mass is 10.0. The molecule has 0 aliphatic heterocycles. The number of nitrogens with one attached hydrogen (secondary N) is 1. The summed E-state index contributed by atoms with van der Waals surface area (Å²) in [4.78, 5) is 22.3. The van der Waals surface area contributed by atoms with Gasteiger partial charge in [0.2, 0.25) is 5.91 Å². The quantitative estimate of drug-likeness (QED) is 0.760. The second-order valence-electron chi connectivity index (χ2n) is 4.96. The largest absolute Gasteiger partial charge is 0.481 e. The van der Waals surface area contributed by atoms with Crippen LogP contribution < -0.4 is 5.32 Å². The van der Waals surface area contributed by atoms with E-state index >= 15 is 0 Å². The number of hydrogen-bond acceptors (Lipinski definition) is 2. The van der Waals surface area contributed by atoms with Gasteiger partial charge in [-0.05, 0) is 36.1 Å². The molecule has 1 amide bonds. The molecule has 0 radical (unpaired) electrons. The summed E-state index contributed by atoms with van der Waals surface area (Å²) in [7, 11) is 0. The fourth-order valence-electron chi connectivity index (χ4n) is 1.80. The predicted octanol–water partition coefficient (Wildman–Crippen LogP) is 3.28. The Morgan fingerprint density at radius 3 is 2.71 bits per heavy atom. The molecule has 0 bridgehead atoms. The van der Waals surface area contributed by atoms with Crippen molar-refractivity contribution < 1.29 is 14.7 Å². The Bertz CT molecular complexity index is 540. The van der Waals surface area contributed by atoms with Crippen molar-refractivity contribution in [3.8, 4) is 0 Å². The molecule has 0 heterocycles. The minimum atomic E-state index is -0.846. The fraction of sp³-hybridized carbons (Fsp3) is 0.375. The van der Waals surface area contributed by atoms with Gasteiger partial charge in [-0.2, -0.15) is 0 Å². The molecule has 0 aliphatic rings. The highest BCUT2D eigenvalue weighted by molar-refractivity contribution is 6.31. The first-order valence-corrected chi connectivity index (χ1v) is 7.24. The van der Waals surface area contributed by atoms with E-state index in [0.29, 0.717) is 18.0 Å². The van der Waals surface area contributed by atoms with Crippen molar-refractivity contribution in [3.63, 3.8) is 0 Å². The van der Waals surface area contributed by atoms with Crippen molar-refractivity contribution in [2.45, 2.75) is 26.7 Å². The molecule has 114 valence electrons. The molecule has 0 saturated carbocycles. The SMILES string of the molecule is CCC(CNC(=O)/C=C/c1ccc(C)c(Cl)c1)CC(=O)O. The first-order valence-electron chi connectivity index (χ1n) is 6.86. The van der Waals surface area contributed by atoms with Crippen LogP contribution in [0.1, 0.15) is 30.9 Å². The van der Waals surface area contributed by atoms with E-state index in [-0.39, 0.29) is 18.2 Å². The van der Waals surface area contributed by atoms with Crippen LogP contribution >= 0.6 is 11.6 Å². The molecule has 0 aliphatic carbocycles. The van der Waals surface area contributed by atoms with Crippen LogP contribution in [0.4, 0.5) is 0 Å². The average molecular weight is 310 g/mol. The van der Waals surface area contributed by atoms with Crippen LogP contribution in [-0.2, 0) is 9.59 Å². The van der Waals surface area contributed by atoms with E-state index in [1.54, 1.807) is 12.1 Å². The Morgan fingerprint density at radius 2 is 2.14 bits per heavy atom. The number of amides is 1. The Morgan fingerprint density at radius 1 is 1.43 bits per heavy atom. The van der Waals surface area contributed by atoms with Gasteiger partial charge in [-0.1, -0.05) is 37.1 Å². The summed E-state index contributed by atoms with van der Waals surface area (Å²) in [6.07, 6.45) is 3.88. The molecule has 1 aromatic carbocycles. The Hall–Kier alpha value is -1.81. The zero-order valence-electron chi connectivity index (χ0n) is 12.2. The molecule has 0 spiro atoms. The van der Waals surface area contributed by atoms with Gasteiger partial charge in [0.25, 0.3) is 0 Å². The number of benzene rings is 1.